The molecule has 0 radical (unpaired) electrons. The van der Waals surface area contributed by atoms with Crippen LogP contribution in [0.1, 0.15) is 50.2 Å². The number of benzene rings is 1. The van der Waals surface area contributed by atoms with Crippen LogP contribution in [0.4, 0.5) is 4.39 Å². The Hall–Kier alpha value is -1.81. The zero-order valence-electron chi connectivity index (χ0n) is 14.6. The first kappa shape index (κ1) is 16.6. The Morgan fingerprint density at radius 3 is 2.88 bits per heavy atom. The van der Waals surface area contributed by atoms with Gasteiger partial charge < -0.3 is 5.32 Å². The van der Waals surface area contributed by atoms with E-state index in [0.717, 1.165) is 41.8 Å². The first-order valence-corrected chi connectivity index (χ1v) is 9.73. The molecule has 1 aromatic carbocycles. The van der Waals surface area contributed by atoms with E-state index >= 15 is 0 Å². The zero-order chi connectivity index (χ0) is 17.8. The maximum Gasteiger partial charge on any atom is 0.167 e. The molecule has 2 aliphatic heterocycles. The van der Waals surface area contributed by atoms with Crippen molar-refractivity contribution < 1.29 is 9.18 Å². The highest BCUT2D eigenvalue weighted by Crippen LogP contribution is 2.52. The summed E-state index contributed by atoms with van der Waals surface area (Å²) >= 11 is 1.82. The highest BCUT2D eigenvalue weighted by Gasteiger charge is 2.44. The predicted octanol–water partition coefficient (Wildman–Crippen LogP) is 5.15. The fourth-order valence-electron chi connectivity index (χ4n) is 4.01. The van der Waals surface area contributed by atoms with Gasteiger partial charge in [-0.15, -0.1) is 11.8 Å². The summed E-state index contributed by atoms with van der Waals surface area (Å²) in [5.41, 5.74) is 4.32. The monoisotopic (exact) mass is 355 g/mol. The topological polar surface area (TPSA) is 29.1 Å². The van der Waals surface area contributed by atoms with E-state index in [1.807, 2.05) is 37.7 Å². The van der Waals surface area contributed by atoms with Crippen molar-refractivity contribution in [3.05, 3.63) is 63.6 Å². The number of hydrogen-bond acceptors (Lipinski definition) is 3. The van der Waals surface area contributed by atoms with Crippen LogP contribution in [0.15, 0.2) is 46.7 Å². The number of Topliss-reactive ketones (excluding diaryl/α,β-unsaturated/α-hetero) is 1. The van der Waals surface area contributed by atoms with Crippen LogP contribution in [0.3, 0.4) is 0 Å². The molecule has 1 N–H and O–H groups in total. The molecule has 1 unspecified atom stereocenters. The standard InChI is InChI=1S/C21H22FNOS/c1-4-12-11-13(5-6-14(12)22)17-18-15(7-9-21(2,3)20(18)24)23-16-8-10-25-19(16)17/h4-6,11,17,23H,1,7-10H2,2-3H3. The Bertz CT molecular complexity index is 849. The van der Waals surface area contributed by atoms with Gasteiger partial charge >= 0.3 is 0 Å². The number of dihydropyridines is 1. The van der Waals surface area contributed by atoms with Crippen molar-refractivity contribution in [3.63, 3.8) is 0 Å². The van der Waals surface area contributed by atoms with Gasteiger partial charge in [0.2, 0.25) is 0 Å². The van der Waals surface area contributed by atoms with Crippen molar-refractivity contribution >= 4 is 23.6 Å². The average molecular weight is 355 g/mol. The maximum absolute atomic E-state index is 14.0. The Morgan fingerprint density at radius 2 is 2.12 bits per heavy atom. The van der Waals surface area contributed by atoms with E-state index in [1.54, 1.807) is 6.08 Å². The molecule has 0 saturated heterocycles. The van der Waals surface area contributed by atoms with Gasteiger partial charge in [0.1, 0.15) is 5.82 Å². The van der Waals surface area contributed by atoms with Crippen LogP contribution in [0.25, 0.3) is 6.08 Å². The zero-order valence-corrected chi connectivity index (χ0v) is 15.4. The van der Waals surface area contributed by atoms with Gasteiger partial charge in [-0.25, -0.2) is 4.39 Å². The number of thioether (sulfide) groups is 1. The average Bonchev–Trinajstić information content (AvgIpc) is 3.05. The van der Waals surface area contributed by atoms with Gasteiger partial charge in [0.25, 0.3) is 0 Å². The lowest BCUT2D eigenvalue weighted by atomic mass is 9.69. The second-order valence-corrected chi connectivity index (χ2v) is 8.73. The number of carbonyl (C=O) groups excluding carboxylic acids is 1. The van der Waals surface area contributed by atoms with Gasteiger partial charge in [-0.2, -0.15) is 0 Å². The quantitative estimate of drug-likeness (QED) is 0.796. The SMILES string of the molecule is C=Cc1cc(C2C3=C(CCS3)NC3=C2C(=O)C(C)(C)CC3)ccc1F. The van der Waals surface area contributed by atoms with Gasteiger partial charge in [0.05, 0.1) is 0 Å². The smallest absolute Gasteiger partial charge is 0.167 e. The van der Waals surface area contributed by atoms with Crippen LogP contribution < -0.4 is 5.32 Å². The van der Waals surface area contributed by atoms with Crippen LogP contribution in [0.5, 0.6) is 0 Å². The van der Waals surface area contributed by atoms with Crippen LogP contribution in [0.2, 0.25) is 0 Å². The molecule has 0 saturated carbocycles. The number of nitrogens with one attached hydrogen (secondary N) is 1. The second kappa shape index (κ2) is 5.87. The molecular weight excluding hydrogens is 333 g/mol. The molecule has 0 amide bonds. The normalized spacial score (nSPS) is 24.8. The second-order valence-electron chi connectivity index (χ2n) is 7.59. The van der Waals surface area contributed by atoms with E-state index in [4.69, 9.17) is 0 Å². The van der Waals surface area contributed by atoms with E-state index in [-0.39, 0.29) is 22.9 Å². The van der Waals surface area contributed by atoms with E-state index in [9.17, 15) is 9.18 Å². The lowest BCUT2D eigenvalue weighted by Gasteiger charge is -2.39. The Labute approximate surface area is 152 Å². The number of ketones is 1. The molecule has 0 bridgehead atoms. The van der Waals surface area contributed by atoms with Gasteiger partial charge in [-0.3, -0.25) is 4.79 Å². The minimum Gasteiger partial charge on any atom is -0.361 e. The summed E-state index contributed by atoms with van der Waals surface area (Å²) in [6, 6.07) is 5.16. The third kappa shape index (κ3) is 2.58. The number of rotatable bonds is 2. The van der Waals surface area contributed by atoms with E-state index in [1.165, 1.54) is 16.7 Å². The summed E-state index contributed by atoms with van der Waals surface area (Å²) in [6.07, 6.45) is 4.29. The van der Waals surface area contributed by atoms with Crippen molar-refractivity contribution in [3.8, 4) is 0 Å². The van der Waals surface area contributed by atoms with Gasteiger partial charge in [0.15, 0.2) is 5.78 Å². The van der Waals surface area contributed by atoms with Crippen LogP contribution in [0, 0.1) is 11.2 Å². The molecule has 4 heteroatoms. The molecular formula is C21H22FNOS. The summed E-state index contributed by atoms with van der Waals surface area (Å²) in [6.45, 7) is 7.77. The molecule has 0 aromatic heterocycles. The van der Waals surface area contributed by atoms with Crippen molar-refractivity contribution in [2.24, 2.45) is 5.41 Å². The fraction of sp³-hybridized carbons (Fsp3) is 0.381. The third-order valence-electron chi connectivity index (χ3n) is 5.52. The van der Waals surface area contributed by atoms with Crippen molar-refractivity contribution in [2.45, 2.75) is 39.0 Å². The Morgan fingerprint density at radius 1 is 1.32 bits per heavy atom. The Kier molecular flexibility index (Phi) is 3.91. The first-order valence-electron chi connectivity index (χ1n) is 8.75. The largest absolute Gasteiger partial charge is 0.361 e. The third-order valence-corrected chi connectivity index (χ3v) is 6.72. The minimum atomic E-state index is -0.346. The lowest BCUT2D eigenvalue weighted by molar-refractivity contribution is -0.124. The molecule has 4 rings (SSSR count). The summed E-state index contributed by atoms with van der Waals surface area (Å²) in [4.78, 5) is 14.5. The van der Waals surface area contributed by atoms with E-state index < -0.39 is 0 Å². The van der Waals surface area contributed by atoms with Crippen molar-refractivity contribution in [2.75, 3.05) is 5.75 Å². The molecule has 25 heavy (non-hydrogen) atoms. The number of hydrogen-bond donors (Lipinski definition) is 1. The van der Waals surface area contributed by atoms with Gasteiger partial charge in [-0.1, -0.05) is 32.6 Å². The van der Waals surface area contributed by atoms with Gasteiger partial charge in [0, 0.05) is 44.5 Å². The molecule has 1 atom stereocenters. The van der Waals surface area contributed by atoms with Gasteiger partial charge in [-0.05, 0) is 37.0 Å². The molecule has 0 fully saturated rings. The fourth-order valence-corrected chi connectivity index (χ4v) is 5.28. The highest BCUT2D eigenvalue weighted by atomic mass is 32.2. The van der Waals surface area contributed by atoms with Crippen LogP contribution in [-0.4, -0.2) is 11.5 Å². The van der Waals surface area contributed by atoms with E-state index in [0.29, 0.717) is 5.56 Å². The van der Waals surface area contributed by atoms with Crippen LogP contribution >= 0.6 is 11.8 Å². The van der Waals surface area contributed by atoms with Crippen molar-refractivity contribution in [1.82, 2.24) is 5.32 Å². The van der Waals surface area contributed by atoms with E-state index in [2.05, 4.69) is 11.9 Å². The summed E-state index contributed by atoms with van der Waals surface area (Å²) in [5.74, 6) is 0.896. The number of carbonyl (C=O) groups is 1. The molecule has 3 aliphatic rings. The molecule has 130 valence electrons. The number of halogens is 1. The van der Waals surface area contributed by atoms with Crippen LogP contribution in [-0.2, 0) is 4.79 Å². The first-order chi connectivity index (χ1) is 11.9. The molecule has 2 heterocycles. The maximum atomic E-state index is 14.0. The summed E-state index contributed by atoms with van der Waals surface area (Å²) < 4.78 is 14.0. The van der Waals surface area contributed by atoms with Crippen molar-refractivity contribution in [1.29, 1.82) is 0 Å². The molecule has 2 nitrogen and oxygen atoms in total. The highest BCUT2D eigenvalue weighted by molar-refractivity contribution is 8.03. The molecule has 1 aliphatic carbocycles. The lowest BCUT2D eigenvalue weighted by Crippen LogP contribution is -2.38. The summed E-state index contributed by atoms with van der Waals surface area (Å²) in [7, 11) is 0. The molecule has 1 aromatic rings. The Balaban J connectivity index is 1.89. The predicted molar refractivity (Wildman–Crippen MR) is 102 cm³/mol. The minimum absolute atomic E-state index is 0.0786. The summed E-state index contributed by atoms with van der Waals surface area (Å²) in [5, 5.41) is 3.55. The molecule has 0 spiro atoms. The number of allylic oxidation sites excluding steroid dienone is 4.